The summed E-state index contributed by atoms with van der Waals surface area (Å²) in [4.78, 5) is 11.2. The first-order valence-electron chi connectivity index (χ1n) is 7.82. The Hall–Kier alpha value is -1.59. The van der Waals surface area contributed by atoms with Gasteiger partial charge in [-0.3, -0.25) is 4.79 Å². The van der Waals surface area contributed by atoms with Crippen molar-refractivity contribution in [3.05, 3.63) is 29.8 Å². The van der Waals surface area contributed by atoms with Crippen molar-refractivity contribution in [2.24, 2.45) is 5.41 Å². The highest BCUT2D eigenvalue weighted by Crippen LogP contribution is 2.47. The van der Waals surface area contributed by atoms with Gasteiger partial charge < -0.3 is 19.9 Å². The summed E-state index contributed by atoms with van der Waals surface area (Å²) in [5, 5.41) is 13.5. The molecule has 1 heterocycles. The van der Waals surface area contributed by atoms with Gasteiger partial charge in [-0.2, -0.15) is 0 Å². The van der Waals surface area contributed by atoms with Crippen molar-refractivity contribution in [1.29, 1.82) is 0 Å². The third-order valence-electron chi connectivity index (χ3n) is 4.79. The van der Waals surface area contributed by atoms with Crippen molar-refractivity contribution in [1.82, 2.24) is 5.32 Å². The van der Waals surface area contributed by atoms with Crippen molar-refractivity contribution in [3.63, 3.8) is 0 Å². The number of carbonyl (C=O) groups excluding carboxylic acids is 1. The second-order valence-electron chi connectivity index (χ2n) is 6.44. The van der Waals surface area contributed by atoms with Gasteiger partial charge in [0, 0.05) is 6.54 Å². The van der Waals surface area contributed by atoms with Crippen LogP contribution in [0.1, 0.15) is 37.4 Å². The van der Waals surface area contributed by atoms with Gasteiger partial charge in [-0.15, -0.1) is 0 Å². The van der Waals surface area contributed by atoms with Gasteiger partial charge in [0.15, 0.2) is 0 Å². The lowest BCUT2D eigenvalue weighted by molar-refractivity contribution is -0.142. The van der Waals surface area contributed by atoms with E-state index in [1.165, 1.54) is 13.5 Å². The minimum absolute atomic E-state index is 0.0435. The summed E-state index contributed by atoms with van der Waals surface area (Å²) in [6.45, 7) is 2.21. The van der Waals surface area contributed by atoms with E-state index in [-0.39, 0.29) is 12.5 Å². The van der Waals surface area contributed by atoms with Crippen LogP contribution in [0, 0.1) is 5.41 Å². The van der Waals surface area contributed by atoms with Gasteiger partial charge in [0.05, 0.1) is 25.7 Å². The van der Waals surface area contributed by atoms with Gasteiger partial charge >= 0.3 is 5.97 Å². The lowest BCUT2D eigenvalue weighted by Crippen LogP contribution is -2.45. The average molecular weight is 305 g/mol. The Morgan fingerprint density at radius 1 is 1.50 bits per heavy atom. The van der Waals surface area contributed by atoms with E-state index in [4.69, 9.17) is 4.74 Å². The summed E-state index contributed by atoms with van der Waals surface area (Å²) in [6, 6.07) is 7.35. The molecular weight excluding hydrogens is 282 g/mol. The second-order valence-corrected chi connectivity index (χ2v) is 6.44. The van der Waals surface area contributed by atoms with Crippen LogP contribution in [0.15, 0.2) is 24.3 Å². The first-order valence-corrected chi connectivity index (χ1v) is 7.82. The summed E-state index contributed by atoms with van der Waals surface area (Å²) < 4.78 is 10.6. The maximum absolute atomic E-state index is 11.2. The molecule has 1 aliphatic heterocycles. The number of nitrogens with one attached hydrogen (secondary N) is 1. The zero-order chi connectivity index (χ0) is 15.6. The van der Waals surface area contributed by atoms with Gasteiger partial charge in [0.1, 0.15) is 5.75 Å². The number of methoxy groups -OCH3 is 1. The zero-order valence-corrected chi connectivity index (χ0v) is 12.9. The molecular formula is C17H23NO4. The largest absolute Gasteiger partial charge is 0.490 e. The number of hydrogen-bond donors (Lipinski definition) is 2. The quantitative estimate of drug-likeness (QED) is 0.812. The Morgan fingerprint density at radius 2 is 2.32 bits per heavy atom. The summed E-state index contributed by atoms with van der Waals surface area (Å²) in [6.07, 6.45) is 2.78. The third-order valence-corrected chi connectivity index (χ3v) is 4.79. The van der Waals surface area contributed by atoms with E-state index in [9.17, 15) is 9.90 Å². The summed E-state index contributed by atoms with van der Waals surface area (Å²) in [7, 11) is 1.32. The fraction of sp³-hybridized carbons (Fsp3) is 0.588. The molecule has 2 aliphatic rings. The molecule has 2 N–H and O–H groups in total. The fourth-order valence-corrected chi connectivity index (χ4v) is 3.48. The number of benzene rings is 1. The van der Waals surface area contributed by atoms with Gasteiger partial charge in [-0.25, -0.2) is 0 Å². The molecule has 120 valence electrons. The molecule has 0 aromatic heterocycles. The first kappa shape index (κ1) is 15.3. The number of esters is 1. The number of carbonyl (C=O) groups is 1. The standard InChI is InChI=1S/C17H23NO4/c1-21-16(20)8-15(19)12-3-2-4-13(7-12)22-14-9-17(10-14)5-6-18-11-17/h2-4,7,14-15,18-19H,5-6,8-11H2,1H3/t14?,15-,17?/m1/s1. The van der Waals surface area contributed by atoms with Crippen molar-refractivity contribution in [2.75, 3.05) is 20.2 Å². The smallest absolute Gasteiger partial charge is 0.308 e. The molecule has 0 bridgehead atoms. The van der Waals surface area contributed by atoms with Gasteiger partial charge in [0.2, 0.25) is 0 Å². The van der Waals surface area contributed by atoms with Crippen LogP contribution in [0.4, 0.5) is 0 Å². The molecule has 1 aromatic rings. The Kier molecular flexibility index (Phi) is 4.36. The maximum Gasteiger partial charge on any atom is 0.308 e. The van der Waals surface area contributed by atoms with Gasteiger partial charge in [-0.05, 0) is 48.9 Å². The SMILES string of the molecule is COC(=O)C[C@@H](O)c1cccc(OC2CC3(CCNC3)C2)c1. The molecule has 2 fully saturated rings. The van der Waals surface area contributed by atoms with E-state index < -0.39 is 12.1 Å². The Morgan fingerprint density at radius 3 is 3.00 bits per heavy atom. The molecule has 0 radical (unpaired) electrons. The molecule has 5 heteroatoms. The number of ether oxygens (including phenoxy) is 2. The van der Waals surface area contributed by atoms with E-state index in [0.29, 0.717) is 11.0 Å². The third kappa shape index (κ3) is 3.25. The molecule has 1 aromatic carbocycles. The lowest BCUT2D eigenvalue weighted by Gasteiger charge is -2.44. The van der Waals surface area contributed by atoms with Crippen molar-refractivity contribution in [3.8, 4) is 5.75 Å². The highest BCUT2D eigenvalue weighted by atomic mass is 16.5. The van der Waals surface area contributed by atoms with Crippen LogP contribution < -0.4 is 10.1 Å². The van der Waals surface area contributed by atoms with Crippen LogP contribution in [0.3, 0.4) is 0 Å². The van der Waals surface area contributed by atoms with Crippen LogP contribution in [0.2, 0.25) is 0 Å². The van der Waals surface area contributed by atoms with E-state index in [1.54, 1.807) is 6.07 Å². The second kappa shape index (κ2) is 6.26. The predicted octanol–water partition coefficient (Wildman–Crippen LogP) is 1.80. The fourth-order valence-electron chi connectivity index (χ4n) is 3.48. The number of rotatable bonds is 5. The molecule has 1 atom stereocenters. The number of hydrogen-bond acceptors (Lipinski definition) is 5. The van der Waals surface area contributed by atoms with Crippen LogP contribution >= 0.6 is 0 Å². The first-order chi connectivity index (χ1) is 10.6. The maximum atomic E-state index is 11.2. The average Bonchev–Trinajstić information content (AvgIpc) is 2.96. The molecule has 3 rings (SSSR count). The van der Waals surface area contributed by atoms with Crippen molar-refractivity contribution >= 4 is 5.97 Å². The molecule has 1 spiro atoms. The Balaban J connectivity index is 1.56. The lowest BCUT2D eigenvalue weighted by atomic mass is 9.66. The molecule has 1 aliphatic carbocycles. The van der Waals surface area contributed by atoms with Gasteiger partial charge in [0.25, 0.3) is 0 Å². The van der Waals surface area contributed by atoms with Crippen LogP contribution in [-0.4, -0.2) is 37.4 Å². The van der Waals surface area contributed by atoms with Crippen LogP contribution in [0.25, 0.3) is 0 Å². The molecule has 1 saturated carbocycles. The van der Waals surface area contributed by atoms with E-state index in [1.807, 2.05) is 18.2 Å². The monoisotopic (exact) mass is 305 g/mol. The summed E-state index contributed by atoms with van der Waals surface area (Å²) in [5.74, 6) is 0.334. The molecule has 22 heavy (non-hydrogen) atoms. The van der Waals surface area contributed by atoms with Crippen LogP contribution in [0.5, 0.6) is 5.75 Å². The van der Waals surface area contributed by atoms with E-state index >= 15 is 0 Å². The summed E-state index contributed by atoms with van der Waals surface area (Å²) in [5.41, 5.74) is 1.13. The minimum atomic E-state index is -0.859. The minimum Gasteiger partial charge on any atom is -0.490 e. The number of aliphatic hydroxyl groups excluding tert-OH is 1. The highest BCUT2D eigenvalue weighted by molar-refractivity contribution is 5.70. The van der Waals surface area contributed by atoms with E-state index in [0.717, 1.165) is 31.7 Å². The van der Waals surface area contributed by atoms with Gasteiger partial charge in [-0.1, -0.05) is 12.1 Å². The van der Waals surface area contributed by atoms with Crippen molar-refractivity contribution < 1.29 is 19.4 Å². The Labute approximate surface area is 130 Å². The Bertz CT molecular complexity index is 531. The zero-order valence-electron chi connectivity index (χ0n) is 12.9. The topological polar surface area (TPSA) is 67.8 Å². The summed E-state index contributed by atoms with van der Waals surface area (Å²) >= 11 is 0. The molecule has 1 saturated heterocycles. The molecule has 5 nitrogen and oxygen atoms in total. The molecule has 0 unspecified atom stereocenters. The predicted molar refractivity (Wildman–Crippen MR) is 81.6 cm³/mol. The van der Waals surface area contributed by atoms with E-state index in [2.05, 4.69) is 10.1 Å². The van der Waals surface area contributed by atoms with Crippen molar-refractivity contribution in [2.45, 2.75) is 37.9 Å². The van der Waals surface area contributed by atoms with Crippen LogP contribution in [-0.2, 0) is 9.53 Å². The number of aliphatic hydroxyl groups is 1. The normalized spacial score (nSPS) is 28.2. The highest BCUT2D eigenvalue weighted by Gasteiger charge is 2.47. The molecule has 0 amide bonds.